The number of aromatic hydroxyl groups is 1. The summed E-state index contributed by atoms with van der Waals surface area (Å²) in [7, 11) is 0. The second-order valence-corrected chi connectivity index (χ2v) is 7.31. The van der Waals surface area contributed by atoms with E-state index < -0.39 is 10.9 Å². The number of nitrogens with zero attached hydrogens (tertiary/aromatic N) is 1. The van der Waals surface area contributed by atoms with Crippen LogP contribution in [0.1, 0.15) is 25.7 Å². The number of hydrogen-bond acceptors (Lipinski definition) is 6. The first kappa shape index (κ1) is 19.8. The van der Waals surface area contributed by atoms with Gasteiger partial charge in [0.2, 0.25) is 0 Å². The summed E-state index contributed by atoms with van der Waals surface area (Å²) in [6.45, 7) is 0. The van der Waals surface area contributed by atoms with Gasteiger partial charge >= 0.3 is 12.0 Å². The minimum Gasteiger partial charge on any atom is -0.508 e. The number of aliphatic carboxylic acids is 1. The van der Waals surface area contributed by atoms with Gasteiger partial charge in [-0.05, 0) is 25.0 Å². The SMILES string of the molecule is O=C(O)CCCC[C@@H]1SC[C@@H]2NC(=O)N[C@@H]21.O=[N+]([O-])c1ccc(O)cc1. The molecule has 10 heteroatoms. The first-order chi connectivity index (χ1) is 12.4. The summed E-state index contributed by atoms with van der Waals surface area (Å²) in [6.07, 6.45) is 2.88. The van der Waals surface area contributed by atoms with Gasteiger partial charge in [-0.15, -0.1) is 0 Å². The van der Waals surface area contributed by atoms with Crippen molar-refractivity contribution in [1.29, 1.82) is 0 Å². The van der Waals surface area contributed by atoms with Crippen LogP contribution in [0.15, 0.2) is 24.3 Å². The molecule has 2 fully saturated rings. The number of thioether (sulfide) groups is 1. The third-order valence-corrected chi connectivity index (χ3v) is 5.64. The fraction of sp³-hybridized carbons (Fsp3) is 0.500. The van der Waals surface area contributed by atoms with Crippen molar-refractivity contribution in [3.8, 4) is 5.75 Å². The number of carboxylic acid groups (broad SMARTS) is 1. The van der Waals surface area contributed by atoms with Gasteiger partial charge in [-0.3, -0.25) is 14.9 Å². The van der Waals surface area contributed by atoms with E-state index >= 15 is 0 Å². The van der Waals surface area contributed by atoms with Gasteiger partial charge in [0.1, 0.15) is 5.75 Å². The summed E-state index contributed by atoms with van der Waals surface area (Å²) >= 11 is 1.87. The van der Waals surface area contributed by atoms with Crippen molar-refractivity contribution in [3.63, 3.8) is 0 Å². The van der Waals surface area contributed by atoms with Crippen LogP contribution in [0, 0.1) is 10.1 Å². The molecule has 4 N–H and O–H groups in total. The van der Waals surface area contributed by atoms with Crippen molar-refractivity contribution < 1.29 is 24.7 Å². The number of nitrogens with one attached hydrogen (secondary N) is 2. The maximum atomic E-state index is 11.1. The molecule has 142 valence electrons. The van der Waals surface area contributed by atoms with E-state index in [1.807, 2.05) is 11.8 Å². The average Bonchev–Trinajstić information content (AvgIpc) is 3.12. The molecule has 1 aromatic rings. The fourth-order valence-corrected chi connectivity index (χ4v) is 4.38. The van der Waals surface area contributed by atoms with Crippen LogP contribution in [-0.2, 0) is 4.79 Å². The summed E-state index contributed by atoms with van der Waals surface area (Å²) in [5.41, 5.74) is -0.0159. The monoisotopic (exact) mass is 383 g/mol. The zero-order valence-corrected chi connectivity index (χ0v) is 14.8. The molecule has 0 aliphatic carbocycles. The molecule has 2 amide bonds. The van der Waals surface area contributed by atoms with Crippen molar-refractivity contribution >= 4 is 29.4 Å². The Balaban J connectivity index is 0.000000209. The highest BCUT2D eigenvalue weighted by atomic mass is 32.2. The van der Waals surface area contributed by atoms with E-state index in [1.54, 1.807) is 0 Å². The van der Waals surface area contributed by atoms with Crippen molar-refractivity contribution in [3.05, 3.63) is 34.4 Å². The number of phenolic OH excluding ortho intramolecular Hbond substituents is 1. The van der Waals surface area contributed by atoms with E-state index in [9.17, 15) is 19.7 Å². The highest BCUT2D eigenvalue weighted by Gasteiger charge is 2.42. The number of nitro benzene ring substituents is 1. The van der Waals surface area contributed by atoms with Crippen LogP contribution in [0.2, 0.25) is 0 Å². The number of urea groups is 1. The lowest BCUT2D eigenvalue weighted by Gasteiger charge is -2.16. The summed E-state index contributed by atoms with van der Waals surface area (Å²) in [5, 5.41) is 33.5. The number of fused-ring (bicyclic) bond motifs is 1. The molecule has 0 saturated carbocycles. The van der Waals surface area contributed by atoms with Crippen molar-refractivity contribution in [1.82, 2.24) is 10.6 Å². The van der Waals surface area contributed by atoms with Gasteiger partial charge in [-0.1, -0.05) is 6.42 Å². The average molecular weight is 383 g/mol. The standard InChI is InChI=1S/C10H16N2O3S.C6H5NO3/c13-8(14)4-2-1-3-7-9-6(5-16-7)11-10(15)12-9;8-6-3-1-5(2-4-6)7(9)10/h6-7,9H,1-5H2,(H,13,14)(H2,11,12,15);1-4,8H/t6-,7-,9-;/m0./s1. The molecule has 0 aromatic heterocycles. The van der Waals surface area contributed by atoms with Gasteiger partial charge in [-0.2, -0.15) is 11.8 Å². The lowest BCUT2D eigenvalue weighted by Crippen LogP contribution is -2.36. The predicted molar refractivity (Wildman–Crippen MR) is 96.4 cm³/mol. The number of carbonyl (C=O) groups excluding carboxylic acids is 1. The molecule has 3 atom stereocenters. The smallest absolute Gasteiger partial charge is 0.315 e. The predicted octanol–water partition coefficient (Wildman–Crippen LogP) is 2.10. The minimum absolute atomic E-state index is 0.0159. The number of carboxylic acids is 1. The normalized spacial score (nSPS) is 23.2. The number of hydrogen-bond donors (Lipinski definition) is 4. The van der Waals surface area contributed by atoms with Crippen molar-refractivity contribution in [2.24, 2.45) is 0 Å². The van der Waals surface area contributed by atoms with Crippen LogP contribution < -0.4 is 10.6 Å². The molecule has 0 spiro atoms. The first-order valence-corrected chi connectivity index (χ1v) is 9.25. The molecule has 26 heavy (non-hydrogen) atoms. The second-order valence-electron chi connectivity index (χ2n) is 6.03. The van der Waals surface area contributed by atoms with E-state index in [4.69, 9.17) is 10.2 Å². The van der Waals surface area contributed by atoms with Gasteiger partial charge < -0.3 is 20.8 Å². The molecule has 2 saturated heterocycles. The number of benzene rings is 1. The van der Waals surface area contributed by atoms with Crippen LogP contribution >= 0.6 is 11.8 Å². The molecular formula is C16H21N3O6S. The van der Waals surface area contributed by atoms with Gasteiger partial charge in [0.15, 0.2) is 0 Å². The van der Waals surface area contributed by atoms with E-state index in [0.717, 1.165) is 25.0 Å². The summed E-state index contributed by atoms with van der Waals surface area (Å²) in [5.74, 6) is 0.269. The number of rotatable bonds is 6. The molecule has 2 aliphatic heterocycles. The third-order valence-electron chi connectivity index (χ3n) is 4.13. The Hall–Kier alpha value is -2.49. The van der Waals surface area contributed by atoms with Gasteiger partial charge in [-0.25, -0.2) is 4.79 Å². The first-order valence-electron chi connectivity index (χ1n) is 8.20. The molecule has 0 radical (unpaired) electrons. The van der Waals surface area contributed by atoms with E-state index in [1.165, 1.54) is 24.3 Å². The Morgan fingerprint density at radius 1 is 1.27 bits per heavy atom. The van der Waals surface area contributed by atoms with Gasteiger partial charge in [0.05, 0.1) is 17.0 Å². The number of amides is 2. The maximum Gasteiger partial charge on any atom is 0.315 e. The highest BCUT2D eigenvalue weighted by Crippen LogP contribution is 2.33. The summed E-state index contributed by atoms with van der Waals surface area (Å²) < 4.78 is 0. The van der Waals surface area contributed by atoms with Crippen LogP contribution in [0.3, 0.4) is 0 Å². The Bertz CT molecular complexity index is 654. The molecule has 9 nitrogen and oxygen atoms in total. The van der Waals surface area contributed by atoms with Gasteiger partial charge in [0, 0.05) is 29.6 Å². The second kappa shape index (κ2) is 9.27. The Morgan fingerprint density at radius 3 is 2.58 bits per heavy atom. The number of nitro groups is 1. The molecule has 0 bridgehead atoms. The van der Waals surface area contributed by atoms with E-state index in [2.05, 4.69) is 10.6 Å². The molecule has 2 heterocycles. The van der Waals surface area contributed by atoms with Crippen LogP contribution in [0.5, 0.6) is 5.75 Å². The highest BCUT2D eigenvalue weighted by molar-refractivity contribution is 8.00. The largest absolute Gasteiger partial charge is 0.508 e. The Labute approximate surface area is 154 Å². The molecule has 1 aromatic carbocycles. The molecular weight excluding hydrogens is 362 g/mol. The summed E-state index contributed by atoms with van der Waals surface area (Å²) in [6, 6.07) is 5.48. The Morgan fingerprint density at radius 2 is 1.96 bits per heavy atom. The minimum atomic E-state index is -0.729. The number of phenols is 1. The quantitative estimate of drug-likeness (QED) is 0.255. The lowest BCUT2D eigenvalue weighted by molar-refractivity contribution is -0.384. The Kier molecular flexibility index (Phi) is 7.07. The number of unbranched alkanes of at least 4 members (excludes halogenated alkanes) is 1. The molecule has 2 aliphatic rings. The topological polar surface area (TPSA) is 142 Å². The summed E-state index contributed by atoms with van der Waals surface area (Å²) in [4.78, 5) is 31.0. The fourth-order valence-electron chi connectivity index (χ4n) is 2.84. The van der Waals surface area contributed by atoms with E-state index in [-0.39, 0.29) is 36.0 Å². The zero-order chi connectivity index (χ0) is 19.1. The number of carbonyl (C=O) groups is 2. The zero-order valence-electron chi connectivity index (χ0n) is 14.0. The van der Waals surface area contributed by atoms with Crippen molar-refractivity contribution in [2.45, 2.75) is 43.0 Å². The number of non-ortho nitro benzene ring substituents is 1. The lowest BCUT2D eigenvalue weighted by atomic mass is 10.0. The van der Waals surface area contributed by atoms with Crippen LogP contribution in [0.4, 0.5) is 10.5 Å². The molecule has 0 unspecified atom stereocenters. The maximum absolute atomic E-state index is 11.1. The molecule has 3 rings (SSSR count). The van der Waals surface area contributed by atoms with Crippen LogP contribution in [-0.4, -0.2) is 50.2 Å². The third kappa shape index (κ3) is 5.80. The van der Waals surface area contributed by atoms with E-state index in [0.29, 0.717) is 5.25 Å². The van der Waals surface area contributed by atoms with Gasteiger partial charge in [0.25, 0.3) is 5.69 Å². The van der Waals surface area contributed by atoms with Crippen LogP contribution in [0.25, 0.3) is 0 Å². The van der Waals surface area contributed by atoms with Crippen molar-refractivity contribution in [2.75, 3.05) is 5.75 Å².